The Morgan fingerprint density at radius 3 is 3.00 bits per heavy atom. The van der Waals surface area contributed by atoms with Crippen molar-refractivity contribution < 1.29 is 13.9 Å². The zero-order valence-electron chi connectivity index (χ0n) is 8.29. The summed E-state index contributed by atoms with van der Waals surface area (Å²) in [6, 6.07) is 3.39. The van der Waals surface area contributed by atoms with Crippen molar-refractivity contribution in [1.82, 2.24) is 0 Å². The SMILES string of the molecule is C=C(C(=O)OCCCC)c1ccco1. The standard InChI is InChI=1S/C11H14O3/c1-3-4-7-14-11(12)9(2)10-6-5-8-13-10/h5-6,8H,2-4,7H2,1H3. The van der Waals surface area contributed by atoms with Gasteiger partial charge in [-0.3, -0.25) is 0 Å². The van der Waals surface area contributed by atoms with Gasteiger partial charge in [-0.25, -0.2) is 4.79 Å². The molecule has 0 saturated heterocycles. The van der Waals surface area contributed by atoms with E-state index in [-0.39, 0.29) is 5.57 Å². The van der Waals surface area contributed by atoms with Gasteiger partial charge in [0.25, 0.3) is 0 Å². The number of carbonyl (C=O) groups is 1. The summed E-state index contributed by atoms with van der Waals surface area (Å²) < 4.78 is 9.99. The van der Waals surface area contributed by atoms with Crippen LogP contribution in [-0.4, -0.2) is 12.6 Å². The first kappa shape index (κ1) is 10.6. The molecule has 0 radical (unpaired) electrons. The molecule has 0 fully saturated rings. The summed E-state index contributed by atoms with van der Waals surface area (Å²) in [5.74, 6) is 0.0555. The molecule has 1 aromatic heterocycles. The largest absolute Gasteiger partial charge is 0.464 e. The minimum atomic E-state index is -0.409. The van der Waals surface area contributed by atoms with Gasteiger partial charge in [-0.1, -0.05) is 19.9 Å². The molecule has 3 heteroatoms. The Hall–Kier alpha value is -1.51. The monoisotopic (exact) mass is 194 g/mol. The second-order valence-corrected chi connectivity index (χ2v) is 2.95. The minimum Gasteiger partial charge on any atom is -0.464 e. The molecule has 1 aromatic rings. The van der Waals surface area contributed by atoms with Crippen LogP contribution in [0.15, 0.2) is 29.4 Å². The summed E-state index contributed by atoms with van der Waals surface area (Å²) in [7, 11) is 0. The van der Waals surface area contributed by atoms with Gasteiger partial charge >= 0.3 is 5.97 Å². The third kappa shape index (κ3) is 2.76. The number of carbonyl (C=O) groups excluding carboxylic acids is 1. The lowest BCUT2D eigenvalue weighted by atomic mass is 10.2. The summed E-state index contributed by atoms with van der Waals surface area (Å²) in [5, 5.41) is 0. The molecule has 0 N–H and O–H groups in total. The number of hydrogen-bond donors (Lipinski definition) is 0. The first-order chi connectivity index (χ1) is 6.75. The third-order valence-corrected chi connectivity index (χ3v) is 1.80. The molecule has 0 aromatic carbocycles. The molecule has 0 aliphatic heterocycles. The van der Waals surface area contributed by atoms with Crippen LogP contribution in [0.1, 0.15) is 25.5 Å². The topological polar surface area (TPSA) is 39.4 Å². The number of ether oxygens (including phenoxy) is 1. The molecule has 76 valence electrons. The van der Waals surface area contributed by atoms with E-state index in [1.54, 1.807) is 12.1 Å². The molecule has 1 rings (SSSR count). The molecule has 0 unspecified atom stereocenters. The molecule has 14 heavy (non-hydrogen) atoms. The van der Waals surface area contributed by atoms with Gasteiger partial charge in [0.1, 0.15) is 5.76 Å². The highest BCUT2D eigenvalue weighted by molar-refractivity contribution is 6.14. The predicted molar refractivity (Wildman–Crippen MR) is 53.6 cm³/mol. The van der Waals surface area contributed by atoms with Crippen molar-refractivity contribution >= 4 is 11.5 Å². The molecule has 0 spiro atoms. The zero-order chi connectivity index (χ0) is 10.4. The Kier molecular flexibility index (Phi) is 3.98. The Morgan fingerprint density at radius 1 is 1.64 bits per heavy atom. The van der Waals surface area contributed by atoms with Gasteiger partial charge in [-0.2, -0.15) is 0 Å². The Bertz CT molecular complexity index is 298. The number of rotatable bonds is 5. The van der Waals surface area contributed by atoms with E-state index in [1.807, 2.05) is 6.92 Å². The van der Waals surface area contributed by atoms with E-state index in [0.29, 0.717) is 12.4 Å². The molecule has 0 bridgehead atoms. The van der Waals surface area contributed by atoms with E-state index in [1.165, 1.54) is 6.26 Å². The van der Waals surface area contributed by atoms with Crippen LogP contribution in [0.25, 0.3) is 5.57 Å². The lowest BCUT2D eigenvalue weighted by molar-refractivity contribution is -0.136. The molecule has 0 atom stereocenters. The van der Waals surface area contributed by atoms with Gasteiger partial charge in [0.15, 0.2) is 0 Å². The van der Waals surface area contributed by atoms with Crippen molar-refractivity contribution in [3.63, 3.8) is 0 Å². The molecule has 3 nitrogen and oxygen atoms in total. The van der Waals surface area contributed by atoms with E-state index >= 15 is 0 Å². The smallest absolute Gasteiger partial charge is 0.341 e. The fraction of sp³-hybridized carbons (Fsp3) is 0.364. The summed E-state index contributed by atoms with van der Waals surface area (Å²) in [6.07, 6.45) is 3.37. The third-order valence-electron chi connectivity index (χ3n) is 1.80. The summed E-state index contributed by atoms with van der Waals surface area (Å²) >= 11 is 0. The van der Waals surface area contributed by atoms with Crippen LogP contribution >= 0.6 is 0 Å². The van der Waals surface area contributed by atoms with Crippen LogP contribution < -0.4 is 0 Å². The fourth-order valence-electron chi connectivity index (χ4n) is 0.947. The summed E-state index contributed by atoms with van der Waals surface area (Å²) in [6.45, 7) is 6.08. The van der Waals surface area contributed by atoms with Crippen LogP contribution in [0.3, 0.4) is 0 Å². The maximum atomic E-state index is 11.3. The lowest BCUT2D eigenvalue weighted by Crippen LogP contribution is -2.06. The van der Waals surface area contributed by atoms with Crippen LogP contribution in [0.4, 0.5) is 0 Å². The van der Waals surface area contributed by atoms with Crippen LogP contribution in [0.2, 0.25) is 0 Å². The molecule has 0 amide bonds. The van der Waals surface area contributed by atoms with Crippen LogP contribution in [-0.2, 0) is 9.53 Å². The summed E-state index contributed by atoms with van der Waals surface area (Å²) in [4.78, 5) is 11.3. The van der Waals surface area contributed by atoms with Crippen molar-refractivity contribution in [3.05, 3.63) is 30.7 Å². The normalized spacial score (nSPS) is 9.79. The molecule has 0 aliphatic rings. The van der Waals surface area contributed by atoms with Gasteiger partial charge in [0.2, 0.25) is 0 Å². The van der Waals surface area contributed by atoms with Crippen LogP contribution in [0.5, 0.6) is 0 Å². The van der Waals surface area contributed by atoms with E-state index < -0.39 is 5.97 Å². The Morgan fingerprint density at radius 2 is 2.43 bits per heavy atom. The van der Waals surface area contributed by atoms with Crippen molar-refractivity contribution in [2.75, 3.05) is 6.61 Å². The molecule has 0 saturated carbocycles. The molecule has 1 heterocycles. The Balaban J connectivity index is 2.42. The maximum absolute atomic E-state index is 11.3. The van der Waals surface area contributed by atoms with Gasteiger partial charge in [0.05, 0.1) is 18.4 Å². The first-order valence-corrected chi connectivity index (χ1v) is 4.65. The molecular formula is C11H14O3. The number of hydrogen-bond acceptors (Lipinski definition) is 3. The highest BCUT2D eigenvalue weighted by atomic mass is 16.5. The first-order valence-electron chi connectivity index (χ1n) is 4.65. The highest BCUT2D eigenvalue weighted by Crippen LogP contribution is 2.14. The van der Waals surface area contributed by atoms with Gasteiger partial charge in [0, 0.05) is 0 Å². The second kappa shape index (κ2) is 5.27. The summed E-state index contributed by atoms with van der Waals surface area (Å²) in [5.41, 5.74) is 0.270. The highest BCUT2D eigenvalue weighted by Gasteiger charge is 2.12. The quantitative estimate of drug-likeness (QED) is 0.411. The van der Waals surface area contributed by atoms with Crippen molar-refractivity contribution in [3.8, 4) is 0 Å². The fourth-order valence-corrected chi connectivity index (χ4v) is 0.947. The van der Waals surface area contributed by atoms with Crippen molar-refractivity contribution in [1.29, 1.82) is 0 Å². The zero-order valence-corrected chi connectivity index (χ0v) is 8.29. The maximum Gasteiger partial charge on any atom is 0.341 e. The van der Waals surface area contributed by atoms with E-state index in [4.69, 9.17) is 9.15 Å². The average Bonchev–Trinajstić information content (AvgIpc) is 2.69. The molecular weight excluding hydrogens is 180 g/mol. The number of unbranched alkanes of at least 4 members (excludes halogenated alkanes) is 1. The second-order valence-electron chi connectivity index (χ2n) is 2.95. The van der Waals surface area contributed by atoms with Gasteiger partial charge < -0.3 is 9.15 Å². The van der Waals surface area contributed by atoms with E-state index in [9.17, 15) is 4.79 Å². The van der Waals surface area contributed by atoms with E-state index in [0.717, 1.165) is 12.8 Å². The average molecular weight is 194 g/mol. The van der Waals surface area contributed by atoms with E-state index in [2.05, 4.69) is 6.58 Å². The number of furan rings is 1. The predicted octanol–water partition coefficient (Wildman–Crippen LogP) is 2.64. The van der Waals surface area contributed by atoms with Gasteiger partial charge in [-0.05, 0) is 18.6 Å². The Labute approximate surface area is 83.4 Å². The number of esters is 1. The molecule has 0 aliphatic carbocycles. The van der Waals surface area contributed by atoms with Gasteiger partial charge in [-0.15, -0.1) is 0 Å². The van der Waals surface area contributed by atoms with Crippen LogP contribution in [0, 0.1) is 0 Å². The van der Waals surface area contributed by atoms with Crippen molar-refractivity contribution in [2.45, 2.75) is 19.8 Å². The lowest BCUT2D eigenvalue weighted by Gasteiger charge is -2.03. The minimum absolute atomic E-state index is 0.270. The van der Waals surface area contributed by atoms with Crippen molar-refractivity contribution in [2.24, 2.45) is 0 Å².